The molecule has 0 bridgehead atoms. The van der Waals surface area contributed by atoms with Crippen LogP contribution in [0.1, 0.15) is 19.3 Å². The van der Waals surface area contributed by atoms with Crippen molar-refractivity contribution in [2.24, 2.45) is 4.99 Å². The van der Waals surface area contributed by atoms with Gasteiger partial charge in [-0.2, -0.15) is 0 Å². The molecule has 24 heavy (non-hydrogen) atoms. The SMILES string of the molecule is CN=C(NCC1CCCO1)NC1CCN(c2ccccc2Br)C1.I. The largest absolute Gasteiger partial charge is 0.376 e. The molecule has 2 fully saturated rings. The van der Waals surface area contributed by atoms with E-state index in [4.69, 9.17) is 4.74 Å². The molecule has 3 rings (SSSR count). The lowest BCUT2D eigenvalue weighted by atomic mass is 10.2. The second-order valence-corrected chi connectivity index (χ2v) is 6.97. The van der Waals surface area contributed by atoms with Crippen LogP contribution in [0.25, 0.3) is 0 Å². The van der Waals surface area contributed by atoms with E-state index in [1.807, 2.05) is 7.05 Å². The minimum atomic E-state index is 0. The summed E-state index contributed by atoms with van der Waals surface area (Å²) in [5.74, 6) is 0.875. The number of nitrogens with zero attached hydrogens (tertiary/aromatic N) is 2. The number of rotatable bonds is 4. The number of para-hydroxylation sites is 1. The van der Waals surface area contributed by atoms with Crippen molar-refractivity contribution < 1.29 is 4.74 Å². The topological polar surface area (TPSA) is 48.9 Å². The predicted octanol–water partition coefficient (Wildman–Crippen LogP) is 2.99. The lowest BCUT2D eigenvalue weighted by molar-refractivity contribution is 0.113. The molecule has 2 aliphatic rings. The molecule has 2 atom stereocenters. The Hall–Kier alpha value is -0.540. The quantitative estimate of drug-likeness (QED) is 0.373. The Labute approximate surface area is 169 Å². The summed E-state index contributed by atoms with van der Waals surface area (Å²) in [5.41, 5.74) is 1.26. The van der Waals surface area contributed by atoms with Crippen LogP contribution in [-0.4, -0.2) is 51.4 Å². The van der Waals surface area contributed by atoms with Crippen molar-refractivity contribution in [3.8, 4) is 0 Å². The van der Waals surface area contributed by atoms with Gasteiger partial charge in [-0.1, -0.05) is 12.1 Å². The molecule has 2 aliphatic heterocycles. The van der Waals surface area contributed by atoms with Gasteiger partial charge >= 0.3 is 0 Å². The molecule has 0 amide bonds. The van der Waals surface area contributed by atoms with Gasteiger partial charge in [-0.3, -0.25) is 4.99 Å². The van der Waals surface area contributed by atoms with E-state index in [0.717, 1.165) is 49.5 Å². The van der Waals surface area contributed by atoms with Crippen LogP contribution in [0.15, 0.2) is 33.7 Å². The third kappa shape index (κ3) is 5.23. The normalized spacial score (nSPS) is 23.9. The summed E-state index contributed by atoms with van der Waals surface area (Å²) in [6, 6.07) is 8.81. The molecule has 1 aromatic rings. The first-order valence-corrected chi connectivity index (χ1v) is 9.14. The Bertz CT molecular complexity index is 551. The van der Waals surface area contributed by atoms with Gasteiger partial charge in [0.2, 0.25) is 0 Å². The highest BCUT2D eigenvalue weighted by molar-refractivity contribution is 14.0. The number of anilines is 1. The second-order valence-electron chi connectivity index (χ2n) is 6.12. The number of guanidine groups is 1. The van der Waals surface area contributed by atoms with Crippen LogP contribution >= 0.6 is 39.9 Å². The first kappa shape index (κ1) is 19.8. The second kappa shape index (κ2) is 9.82. The van der Waals surface area contributed by atoms with Gasteiger partial charge in [0.25, 0.3) is 0 Å². The zero-order chi connectivity index (χ0) is 16.1. The Kier molecular flexibility index (Phi) is 8.09. The minimum absolute atomic E-state index is 0. The van der Waals surface area contributed by atoms with Crippen molar-refractivity contribution in [1.82, 2.24) is 10.6 Å². The lowest BCUT2D eigenvalue weighted by Gasteiger charge is -2.22. The molecule has 2 N–H and O–H groups in total. The zero-order valence-corrected chi connectivity index (χ0v) is 17.9. The molecule has 2 saturated heterocycles. The van der Waals surface area contributed by atoms with Crippen molar-refractivity contribution in [3.63, 3.8) is 0 Å². The molecule has 1 aromatic carbocycles. The Morgan fingerprint density at radius 1 is 1.38 bits per heavy atom. The van der Waals surface area contributed by atoms with Crippen molar-refractivity contribution >= 4 is 51.6 Å². The van der Waals surface area contributed by atoms with E-state index in [-0.39, 0.29) is 24.0 Å². The van der Waals surface area contributed by atoms with E-state index >= 15 is 0 Å². The molecule has 2 heterocycles. The summed E-state index contributed by atoms with van der Waals surface area (Å²) in [7, 11) is 1.82. The molecule has 0 radical (unpaired) electrons. The maximum absolute atomic E-state index is 5.65. The number of hydrogen-bond donors (Lipinski definition) is 2. The van der Waals surface area contributed by atoms with Gasteiger partial charge in [-0.05, 0) is 47.3 Å². The lowest BCUT2D eigenvalue weighted by Crippen LogP contribution is -2.46. The van der Waals surface area contributed by atoms with Crippen molar-refractivity contribution in [3.05, 3.63) is 28.7 Å². The van der Waals surface area contributed by atoms with Gasteiger partial charge in [0, 0.05) is 43.8 Å². The van der Waals surface area contributed by atoms with Gasteiger partial charge in [0.1, 0.15) is 0 Å². The fraction of sp³-hybridized carbons (Fsp3) is 0.588. The van der Waals surface area contributed by atoms with E-state index in [1.54, 1.807) is 0 Å². The summed E-state index contributed by atoms with van der Waals surface area (Å²) < 4.78 is 6.80. The van der Waals surface area contributed by atoms with Crippen LogP contribution in [0.5, 0.6) is 0 Å². The van der Waals surface area contributed by atoms with Crippen LogP contribution in [0.3, 0.4) is 0 Å². The Balaban J connectivity index is 0.00000208. The first-order chi connectivity index (χ1) is 11.3. The molecule has 134 valence electrons. The molecular weight excluding hydrogens is 483 g/mol. The smallest absolute Gasteiger partial charge is 0.191 e. The average molecular weight is 509 g/mol. The van der Waals surface area contributed by atoms with Crippen LogP contribution in [0.2, 0.25) is 0 Å². The van der Waals surface area contributed by atoms with Crippen molar-refractivity contribution in [1.29, 1.82) is 0 Å². The van der Waals surface area contributed by atoms with E-state index in [1.165, 1.54) is 12.1 Å². The molecule has 0 aliphatic carbocycles. The van der Waals surface area contributed by atoms with Crippen molar-refractivity contribution in [2.45, 2.75) is 31.4 Å². The molecular formula is C17H26BrIN4O. The molecule has 2 unspecified atom stereocenters. The molecule has 0 saturated carbocycles. The van der Waals surface area contributed by atoms with E-state index in [2.05, 4.69) is 60.7 Å². The molecule has 7 heteroatoms. The molecule has 5 nitrogen and oxygen atoms in total. The molecule has 0 aromatic heterocycles. The number of benzene rings is 1. The van der Waals surface area contributed by atoms with Gasteiger partial charge in [-0.25, -0.2) is 0 Å². The zero-order valence-electron chi connectivity index (χ0n) is 14.0. The minimum Gasteiger partial charge on any atom is -0.376 e. The number of nitrogens with one attached hydrogen (secondary N) is 2. The van der Waals surface area contributed by atoms with Crippen LogP contribution in [0.4, 0.5) is 5.69 Å². The van der Waals surface area contributed by atoms with Crippen LogP contribution in [-0.2, 0) is 4.74 Å². The standard InChI is InChI=1S/C17H25BrN4O.HI/c1-19-17(20-11-14-5-4-10-23-14)21-13-8-9-22(12-13)16-7-3-2-6-15(16)18;/h2-3,6-7,13-14H,4-5,8-12H2,1H3,(H2,19,20,21);1H. The summed E-state index contributed by atoms with van der Waals surface area (Å²) in [4.78, 5) is 6.75. The third-order valence-electron chi connectivity index (χ3n) is 4.47. The highest BCUT2D eigenvalue weighted by Crippen LogP contribution is 2.28. The summed E-state index contributed by atoms with van der Waals surface area (Å²) in [6.45, 7) is 3.77. The van der Waals surface area contributed by atoms with Gasteiger partial charge in [0.15, 0.2) is 5.96 Å². The van der Waals surface area contributed by atoms with Gasteiger partial charge in [0.05, 0.1) is 11.8 Å². The fourth-order valence-corrected chi connectivity index (χ4v) is 3.74. The third-order valence-corrected chi connectivity index (χ3v) is 5.14. The van der Waals surface area contributed by atoms with Crippen LogP contribution in [0, 0.1) is 0 Å². The fourth-order valence-electron chi connectivity index (χ4n) is 3.21. The predicted molar refractivity (Wildman–Crippen MR) is 114 cm³/mol. The highest BCUT2D eigenvalue weighted by atomic mass is 127. The van der Waals surface area contributed by atoms with E-state index < -0.39 is 0 Å². The number of aliphatic imine (C=N–C) groups is 1. The summed E-state index contributed by atoms with van der Waals surface area (Å²) in [5, 5.41) is 6.93. The van der Waals surface area contributed by atoms with E-state index in [0.29, 0.717) is 12.1 Å². The van der Waals surface area contributed by atoms with E-state index in [9.17, 15) is 0 Å². The number of ether oxygens (including phenoxy) is 1. The van der Waals surface area contributed by atoms with Crippen LogP contribution < -0.4 is 15.5 Å². The maximum Gasteiger partial charge on any atom is 0.191 e. The Morgan fingerprint density at radius 2 is 2.21 bits per heavy atom. The summed E-state index contributed by atoms with van der Waals surface area (Å²) >= 11 is 3.64. The first-order valence-electron chi connectivity index (χ1n) is 8.34. The highest BCUT2D eigenvalue weighted by Gasteiger charge is 2.25. The number of halogens is 2. The number of hydrogen-bond acceptors (Lipinski definition) is 3. The summed E-state index contributed by atoms with van der Waals surface area (Å²) in [6.07, 6.45) is 3.75. The van der Waals surface area contributed by atoms with Gasteiger partial charge in [-0.15, -0.1) is 24.0 Å². The maximum atomic E-state index is 5.65. The van der Waals surface area contributed by atoms with Gasteiger partial charge < -0.3 is 20.3 Å². The van der Waals surface area contributed by atoms with Crippen molar-refractivity contribution in [2.75, 3.05) is 38.2 Å². The average Bonchev–Trinajstić information content (AvgIpc) is 3.23. The monoisotopic (exact) mass is 508 g/mol. The molecule has 0 spiro atoms. The Morgan fingerprint density at radius 3 is 2.92 bits per heavy atom.